The van der Waals surface area contributed by atoms with Gasteiger partial charge in [-0.05, 0) is 30.2 Å². The molecule has 0 saturated carbocycles. The summed E-state index contributed by atoms with van der Waals surface area (Å²) in [7, 11) is -3.87. The summed E-state index contributed by atoms with van der Waals surface area (Å²) in [6.07, 6.45) is 0. The first-order valence-electron chi connectivity index (χ1n) is 8.56. The third-order valence-electron chi connectivity index (χ3n) is 3.76. The Morgan fingerprint density at radius 3 is 2.34 bits per heavy atom. The smallest absolute Gasteiger partial charge is 0.338 e. The van der Waals surface area contributed by atoms with Crippen molar-refractivity contribution in [1.29, 1.82) is 0 Å². The number of esters is 1. The lowest BCUT2D eigenvalue weighted by Crippen LogP contribution is -2.42. The zero-order valence-electron chi connectivity index (χ0n) is 15.9. The first-order valence-corrected chi connectivity index (χ1v) is 10.0. The average Bonchev–Trinajstić information content (AvgIpc) is 2.70. The van der Waals surface area contributed by atoms with Crippen molar-refractivity contribution in [2.24, 2.45) is 0 Å². The Morgan fingerprint density at radius 1 is 1.00 bits per heavy atom. The van der Waals surface area contributed by atoms with Gasteiger partial charge in [0.1, 0.15) is 0 Å². The van der Waals surface area contributed by atoms with E-state index in [9.17, 15) is 22.8 Å². The van der Waals surface area contributed by atoms with Crippen LogP contribution in [0.15, 0.2) is 53.4 Å². The quantitative estimate of drug-likeness (QED) is 0.449. The molecule has 0 aliphatic heterocycles. The van der Waals surface area contributed by atoms with Crippen molar-refractivity contribution in [3.63, 3.8) is 0 Å². The number of hydrogen-bond acceptors (Lipinski definition) is 6. The molecule has 0 unspecified atom stereocenters. The molecule has 9 nitrogen and oxygen atoms in total. The minimum absolute atomic E-state index is 0.0138. The number of amides is 2. The van der Waals surface area contributed by atoms with E-state index in [1.807, 2.05) is 11.5 Å². The molecule has 0 aromatic heterocycles. The molecule has 10 heteroatoms. The molecule has 2 aromatic rings. The molecule has 0 aliphatic rings. The van der Waals surface area contributed by atoms with Crippen molar-refractivity contribution in [3.05, 3.63) is 65.2 Å². The van der Waals surface area contributed by atoms with E-state index in [1.165, 1.54) is 25.1 Å². The molecule has 0 heterocycles. The molecule has 2 rings (SSSR count). The summed E-state index contributed by atoms with van der Waals surface area (Å²) in [5.74, 6) is -2.08. The van der Waals surface area contributed by atoms with Gasteiger partial charge in [-0.1, -0.05) is 36.4 Å². The number of hydrogen-bond donors (Lipinski definition) is 3. The lowest BCUT2D eigenvalue weighted by atomic mass is 10.1. The summed E-state index contributed by atoms with van der Waals surface area (Å²) < 4.78 is 32.4. The molecule has 0 bridgehead atoms. The van der Waals surface area contributed by atoms with Crippen LogP contribution >= 0.6 is 0 Å². The van der Waals surface area contributed by atoms with Gasteiger partial charge in [-0.2, -0.15) is 0 Å². The van der Waals surface area contributed by atoms with Gasteiger partial charge in [0.2, 0.25) is 15.9 Å². The second kappa shape index (κ2) is 9.80. The summed E-state index contributed by atoms with van der Waals surface area (Å²) in [6, 6.07) is 13.0. The third-order valence-corrected chi connectivity index (χ3v) is 5.16. The monoisotopic (exact) mass is 419 g/mol. The molecule has 0 saturated heterocycles. The van der Waals surface area contributed by atoms with Gasteiger partial charge < -0.3 is 4.74 Å². The van der Waals surface area contributed by atoms with Crippen molar-refractivity contribution in [2.75, 3.05) is 6.61 Å². The molecule has 0 spiro atoms. The SMILES string of the molecule is CC(=O)NNC(=O)COC(=O)c1cc(S(=O)(=O)NCc2ccccc2)ccc1C. The van der Waals surface area contributed by atoms with E-state index in [0.717, 1.165) is 5.56 Å². The summed E-state index contributed by atoms with van der Waals surface area (Å²) in [5.41, 5.74) is 5.39. The molecule has 0 atom stereocenters. The summed E-state index contributed by atoms with van der Waals surface area (Å²) >= 11 is 0. The minimum Gasteiger partial charge on any atom is -0.452 e. The van der Waals surface area contributed by atoms with Gasteiger partial charge in [-0.3, -0.25) is 20.4 Å². The van der Waals surface area contributed by atoms with Crippen molar-refractivity contribution in [2.45, 2.75) is 25.3 Å². The normalized spacial score (nSPS) is 10.8. The second-order valence-corrected chi connectivity index (χ2v) is 7.86. The van der Waals surface area contributed by atoms with Gasteiger partial charge >= 0.3 is 5.97 Å². The van der Waals surface area contributed by atoms with E-state index in [2.05, 4.69) is 10.1 Å². The van der Waals surface area contributed by atoms with Crippen LogP contribution in [0.25, 0.3) is 0 Å². The maximum atomic E-state index is 12.5. The van der Waals surface area contributed by atoms with Gasteiger partial charge in [0.05, 0.1) is 10.5 Å². The number of nitrogens with one attached hydrogen (secondary N) is 3. The lowest BCUT2D eigenvalue weighted by molar-refractivity contribution is -0.129. The van der Waals surface area contributed by atoms with Gasteiger partial charge in [0, 0.05) is 13.5 Å². The fraction of sp³-hybridized carbons (Fsp3) is 0.211. The number of hydrazine groups is 1. The highest BCUT2D eigenvalue weighted by atomic mass is 32.2. The van der Waals surface area contributed by atoms with Gasteiger partial charge in [0.25, 0.3) is 5.91 Å². The lowest BCUT2D eigenvalue weighted by Gasteiger charge is -2.11. The van der Waals surface area contributed by atoms with Crippen molar-refractivity contribution in [1.82, 2.24) is 15.6 Å². The van der Waals surface area contributed by atoms with Crippen molar-refractivity contribution >= 4 is 27.8 Å². The molecule has 0 fully saturated rings. The number of aryl methyl sites for hydroxylation is 1. The fourth-order valence-corrected chi connectivity index (χ4v) is 3.29. The maximum Gasteiger partial charge on any atom is 0.338 e. The molecule has 3 N–H and O–H groups in total. The third kappa shape index (κ3) is 6.70. The van der Waals surface area contributed by atoms with E-state index in [4.69, 9.17) is 4.74 Å². The Morgan fingerprint density at radius 2 is 1.69 bits per heavy atom. The summed E-state index contributed by atoms with van der Waals surface area (Å²) in [5, 5.41) is 0. The Labute approximate surface area is 168 Å². The number of ether oxygens (including phenoxy) is 1. The minimum atomic E-state index is -3.87. The summed E-state index contributed by atoms with van der Waals surface area (Å²) in [4.78, 5) is 34.4. The highest BCUT2D eigenvalue weighted by Crippen LogP contribution is 2.17. The van der Waals surface area contributed by atoms with Crippen LogP contribution in [0.5, 0.6) is 0 Å². The van der Waals surface area contributed by atoms with E-state index < -0.39 is 34.4 Å². The fourth-order valence-electron chi connectivity index (χ4n) is 2.25. The van der Waals surface area contributed by atoms with E-state index in [-0.39, 0.29) is 17.0 Å². The Balaban J connectivity index is 2.06. The topological polar surface area (TPSA) is 131 Å². The number of carbonyl (C=O) groups is 3. The molecule has 2 amide bonds. The largest absolute Gasteiger partial charge is 0.452 e. The summed E-state index contributed by atoms with van der Waals surface area (Å²) in [6.45, 7) is 2.27. The predicted molar refractivity (Wildman–Crippen MR) is 104 cm³/mol. The number of carbonyl (C=O) groups excluding carboxylic acids is 3. The van der Waals surface area contributed by atoms with Crippen LogP contribution in [0.4, 0.5) is 0 Å². The molecule has 154 valence electrons. The van der Waals surface area contributed by atoms with Crippen LogP contribution in [0, 0.1) is 6.92 Å². The zero-order valence-corrected chi connectivity index (χ0v) is 16.7. The van der Waals surface area contributed by atoms with Crippen molar-refractivity contribution < 1.29 is 27.5 Å². The molecular formula is C19H21N3O6S. The maximum absolute atomic E-state index is 12.5. The number of sulfonamides is 1. The van der Waals surface area contributed by atoms with Crippen LogP contribution in [-0.2, 0) is 30.9 Å². The first kappa shape index (κ1) is 22.1. The molecule has 2 aromatic carbocycles. The Bertz CT molecular complexity index is 1010. The highest BCUT2D eigenvalue weighted by Gasteiger charge is 2.19. The van der Waals surface area contributed by atoms with Crippen LogP contribution in [0.3, 0.4) is 0 Å². The van der Waals surface area contributed by atoms with E-state index >= 15 is 0 Å². The molecule has 0 radical (unpaired) electrons. The van der Waals surface area contributed by atoms with Gasteiger partial charge in [0.15, 0.2) is 6.61 Å². The number of rotatable bonds is 7. The van der Waals surface area contributed by atoms with E-state index in [0.29, 0.717) is 5.56 Å². The predicted octanol–water partition coefficient (Wildman–Crippen LogP) is 0.798. The Kier molecular flexibility index (Phi) is 7.46. The zero-order chi connectivity index (χ0) is 21.4. The molecule has 29 heavy (non-hydrogen) atoms. The second-order valence-electron chi connectivity index (χ2n) is 6.09. The van der Waals surface area contributed by atoms with E-state index in [1.54, 1.807) is 31.2 Å². The van der Waals surface area contributed by atoms with Gasteiger partial charge in [-0.15, -0.1) is 0 Å². The van der Waals surface area contributed by atoms with Crippen LogP contribution in [0.1, 0.15) is 28.4 Å². The number of benzene rings is 2. The van der Waals surface area contributed by atoms with Gasteiger partial charge in [-0.25, -0.2) is 17.9 Å². The van der Waals surface area contributed by atoms with Crippen LogP contribution in [-0.4, -0.2) is 32.8 Å². The Hall–Kier alpha value is -3.24. The van der Waals surface area contributed by atoms with Crippen LogP contribution < -0.4 is 15.6 Å². The first-order chi connectivity index (χ1) is 13.7. The van der Waals surface area contributed by atoms with Crippen LogP contribution in [0.2, 0.25) is 0 Å². The average molecular weight is 419 g/mol. The van der Waals surface area contributed by atoms with Crippen molar-refractivity contribution in [3.8, 4) is 0 Å². The molecule has 0 aliphatic carbocycles. The molecular weight excluding hydrogens is 398 g/mol. The highest BCUT2D eigenvalue weighted by molar-refractivity contribution is 7.89. The standard InChI is InChI=1S/C19H21N3O6S/c1-13-8-9-16(29(26,27)20-11-15-6-4-3-5-7-15)10-17(13)19(25)28-12-18(24)22-21-14(2)23/h3-10,20H,11-12H2,1-2H3,(H,21,23)(H,22,24).